The number of rotatable bonds is 4. The van der Waals surface area contributed by atoms with Crippen LogP contribution < -0.4 is 4.72 Å². The van der Waals surface area contributed by atoms with Crippen molar-refractivity contribution in [3.05, 3.63) is 44.9 Å². The summed E-state index contributed by atoms with van der Waals surface area (Å²) in [6.07, 6.45) is 3.13. The van der Waals surface area contributed by atoms with E-state index < -0.39 is 10.0 Å². The summed E-state index contributed by atoms with van der Waals surface area (Å²) in [5.41, 5.74) is 0. The van der Waals surface area contributed by atoms with Crippen LogP contribution in [0.15, 0.2) is 33.9 Å². The van der Waals surface area contributed by atoms with Gasteiger partial charge in [0.05, 0.1) is 16.6 Å². The molecule has 0 aliphatic heterocycles. The first kappa shape index (κ1) is 14.8. The molecule has 2 rings (SSSR count). The lowest BCUT2D eigenvalue weighted by atomic mass is 10.4. The second kappa shape index (κ2) is 5.80. The SMILES string of the molecule is O=S(=O)(NCc1ncc[nH]1)c1c(Cl)cc(Br)cc1Cl. The maximum atomic E-state index is 12.1. The van der Waals surface area contributed by atoms with Crippen molar-refractivity contribution in [2.75, 3.05) is 0 Å². The molecular weight excluding hydrogens is 377 g/mol. The van der Waals surface area contributed by atoms with Crippen molar-refractivity contribution < 1.29 is 8.42 Å². The molecule has 0 radical (unpaired) electrons. The van der Waals surface area contributed by atoms with Gasteiger partial charge in [-0.3, -0.25) is 0 Å². The molecule has 0 saturated carbocycles. The summed E-state index contributed by atoms with van der Waals surface area (Å²) in [7, 11) is -3.81. The van der Waals surface area contributed by atoms with Gasteiger partial charge in [-0.25, -0.2) is 18.1 Å². The second-order valence-electron chi connectivity index (χ2n) is 3.56. The van der Waals surface area contributed by atoms with Gasteiger partial charge < -0.3 is 4.98 Å². The molecule has 0 aliphatic rings. The molecule has 1 aromatic heterocycles. The predicted molar refractivity (Wildman–Crippen MR) is 76.8 cm³/mol. The van der Waals surface area contributed by atoms with Gasteiger partial charge in [-0.2, -0.15) is 0 Å². The van der Waals surface area contributed by atoms with E-state index in [1.807, 2.05) is 0 Å². The summed E-state index contributed by atoms with van der Waals surface area (Å²) in [5, 5.41) is 0.0950. The lowest BCUT2D eigenvalue weighted by Gasteiger charge is -2.09. The summed E-state index contributed by atoms with van der Waals surface area (Å²) in [5.74, 6) is 0.493. The molecule has 0 spiro atoms. The lowest BCUT2D eigenvalue weighted by Crippen LogP contribution is -2.24. The molecule has 9 heteroatoms. The van der Waals surface area contributed by atoms with Gasteiger partial charge in [0.1, 0.15) is 10.7 Å². The molecule has 1 aromatic carbocycles. The number of hydrogen-bond acceptors (Lipinski definition) is 3. The van der Waals surface area contributed by atoms with Crippen LogP contribution in [0.3, 0.4) is 0 Å². The van der Waals surface area contributed by atoms with E-state index in [1.165, 1.54) is 18.3 Å². The summed E-state index contributed by atoms with van der Waals surface area (Å²) >= 11 is 15.0. The number of aromatic nitrogens is 2. The third kappa shape index (κ3) is 3.49. The van der Waals surface area contributed by atoms with Crippen LogP contribution in [0.1, 0.15) is 5.82 Å². The molecule has 0 fully saturated rings. The van der Waals surface area contributed by atoms with E-state index in [9.17, 15) is 8.42 Å². The minimum Gasteiger partial charge on any atom is -0.347 e. The number of H-pyrrole nitrogens is 1. The van der Waals surface area contributed by atoms with Gasteiger partial charge in [0.15, 0.2) is 0 Å². The molecule has 5 nitrogen and oxygen atoms in total. The van der Waals surface area contributed by atoms with Crippen molar-refractivity contribution in [2.45, 2.75) is 11.4 Å². The van der Waals surface area contributed by atoms with E-state index in [-0.39, 0.29) is 21.5 Å². The number of halogens is 3. The van der Waals surface area contributed by atoms with Gasteiger partial charge in [-0.15, -0.1) is 0 Å². The van der Waals surface area contributed by atoms with E-state index in [0.29, 0.717) is 10.3 Å². The van der Waals surface area contributed by atoms with Crippen molar-refractivity contribution >= 4 is 49.2 Å². The fourth-order valence-electron chi connectivity index (χ4n) is 1.42. The highest BCUT2D eigenvalue weighted by Gasteiger charge is 2.22. The maximum absolute atomic E-state index is 12.1. The molecule has 0 aliphatic carbocycles. The number of nitrogens with zero attached hydrogens (tertiary/aromatic N) is 1. The topological polar surface area (TPSA) is 74.8 Å². The molecule has 0 bridgehead atoms. The largest absolute Gasteiger partial charge is 0.347 e. The predicted octanol–water partition coefficient (Wildman–Crippen LogP) is 2.96. The minimum atomic E-state index is -3.81. The van der Waals surface area contributed by atoms with Gasteiger partial charge in [0.25, 0.3) is 0 Å². The standard InChI is InChI=1S/C10H8BrCl2N3O2S/c11-6-3-7(12)10(8(13)4-6)19(17,18)16-5-9-14-1-2-15-9/h1-4,16H,5H2,(H,14,15). The molecule has 0 saturated heterocycles. The lowest BCUT2D eigenvalue weighted by molar-refractivity contribution is 0.579. The molecule has 2 N–H and O–H groups in total. The third-order valence-electron chi connectivity index (χ3n) is 2.22. The van der Waals surface area contributed by atoms with Crippen LogP contribution in [0.25, 0.3) is 0 Å². The number of hydrogen-bond donors (Lipinski definition) is 2. The highest BCUT2D eigenvalue weighted by Crippen LogP contribution is 2.32. The Labute approximate surface area is 128 Å². The maximum Gasteiger partial charge on any atom is 0.243 e. The van der Waals surface area contributed by atoms with Crippen molar-refractivity contribution in [1.82, 2.24) is 14.7 Å². The van der Waals surface area contributed by atoms with Crippen LogP contribution in [0, 0.1) is 0 Å². The van der Waals surface area contributed by atoms with E-state index >= 15 is 0 Å². The Morgan fingerprint density at radius 3 is 2.47 bits per heavy atom. The van der Waals surface area contributed by atoms with Crippen molar-refractivity contribution in [2.24, 2.45) is 0 Å². The average molecular weight is 385 g/mol. The third-order valence-corrected chi connectivity index (χ3v) is 5.00. The zero-order valence-electron chi connectivity index (χ0n) is 9.32. The summed E-state index contributed by atoms with van der Waals surface area (Å²) in [6, 6.07) is 2.93. The zero-order chi connectivity index (χ0) is 14.0. The second-order valence-corrected chi connectivity index (χ2v) is 6.99. The summed E-state index contributed by atoms with van der Waals surface area (Å²) < 4.78 is 27.3. The van der Waals surface area contributed by atoms with E-state index in [0.717, 1.165) is 0 Å². The molecule has 0 amide bonds. The Balaban J connectivity index is 2.29. The summed E-state index contributed by atoms with van der Waals surface area (Å²) in [4.78, 5) is 6.56. The van der Waals surface area contributed by atoms with Crippen LogP contribution in [0.2, 0.25) is 10.0 Å². The van der Waals surface area contributed by atoms with Gasteiger partial charge in [-0.05, 0) is 12.1 Å². The van der Waals surface area contributed by atoms with Crippen LogP contribution in [-0.4, -0.2) is 18.4 Å². The van der Waals surface area contributed by atoms with Crippen molar-refractivity contribution in [1.29, 1.82) is 0 Å². The Bertz CT molecular complexity index is 666. The van der Waals surface area contributed by atoms with Crippen molar-refractivity contribution in [3.8, 4) is 0 Å². The van der Waals surface area contributed by atoms with Crippen LogP contribution in [0.4, 0.5) is 0 Å². The first-order chi connectivity index (χ1) is 8.90. The van der Waals surface area contributed by atoms with E-state index in [4.69, 9.17) is 23.2 Å². The van der Waals surface area contributed by atoms with Gasteiger partial charge >= 0.3 is 0 Å². The molecule has 19 heavy (non-hydrogen) atoms. The monoisotopic (exact) mass is 383 g/mol. The van der Waals surface area contributed by atoms with Crippen molar-refractivity contribution in [3.63, 3.8) is 0 Å². The Morgan fingerprint density at radius 2 is 1.95 bits per heavy atom. The smallest absolute Gasteiger partial charge is 0.243 e. The molecule has 2 aromatic rings. The highest BCUT2D eigenvalue weighted by atomic mass is 79.9. The van der Waals surface area contributed by atoms with Gasteiger partial charge in [0.2, 0.25) is 10.0 Å². The Morgan fingerprint density at radius 1 is 1.32 bits per heavy atom. The number of sulfonamides is 1. The zero-order valence-corrected chi connectivity index (χ0v) is 13.2. The number of benzene rings is 1. The fraction of sp³-hybridized carbons (Fsp3) is 0.100. The minimum absolute atomic E-state index is 0.0258. The van der Waals surface area contributed by atoms with E-state index in [1.54, 1.807) is 6.20 Å². The summed E-state index contributed by atoms with van der Waals surface area (Å²) in [6.45, 7) is 0.0258. The van der Waals surface area contributed by atoms with Crippen LogP contribution in [-0.2, 0) is 16.6 Å². The molecular formula is C10H8BrCl2N3O2S. The number of nitrogens with one attached hydrogen (secondary N) is 2. The highest BCUT2D eigenvalue weighted by molar-refractivity contribution is 9.10. The van der Waals surface area contributed by atoms with Gasteiger partial charge in [0, 0.05) is 16.9 Å². The normalized spacial score (nSPS) is 11.7. The van der Waals surface area contributed by atoms with Crippen LogP contribution >= 0.6 is 39.1 Å². The Hall–Kier alpha value is -0.600. The molecule has 0 unspecified atom stereocenters. The quantitative estimate of drug-likeness (QED) is 0.850. The first-order valence-electron chi connectivity index (χ1n) is 5.02. The first-order valence-corrected chi connectivity index (χ1v) is 8.06. The Kier molecular flexibility index (Phi) is 4.52. The van der Waals surface area contributed by atoms with Gasteiger partial charge in [-0.1, -0.05) is 39.1 Å². The average Bonchev–Trinajstić information content (AvgIpc) is 2.77. The molecule has 0 atom stereocenters. The fourth-order valence-corrected chi connectivity index (χ4v) is 4.34. The van der Waals surface area contributed by atoms with Crippen LogP contribution in [0.5, 0.6) is 0 Å². The molecule has 102 valence electrons. The molecule has 1 heterocycles. The number of imidazole rings is 1. The van der Waals surface area contributed by atoms with E-state index in [2.05, 4.69) is 30.6 Å². The number of aromatic amines is 1.